The molecule has 0 bridgehead atoms. The van der Waals surface area contributed by atoms with Crippen LogP contribution in [0.25, 0.3) is 0 Å². The van der Waals surface area contributed by atoms with E-state index in [1.807, 2.05) is 42.5 Å². The van der Waals surface area contributed by atoms with Crippen LogP contribution in [0.2, 0.25) is 0 Å². The number of hydrogen-bond donors (Lipinski definition) is 1. The van der Waals surface area contributed by atoms with Gasteiger partial charge in [0.25, 0.3) is 0 Å². The molecule has 0 saturated carbocycles. The average Bonchev–Trinajstić information content (AvgIpc) is 2.81. The summed E-state index contributed by atoms with van der Waals surface area (Å²) in [5, 5.41) is 3.14. The molecule has 0 spiro atoms. The zero-order chi connectivity index (χ0) is 21.3. The summed E-state index contributed by atoms with van der Waals surface area (Å²) in [7, 11) is 0. The molecule has 2 aliphatic rings. The number of ether oxygens (including phenoxy) is 2. The molecule has 4 rings (SSSR count). The predicted octanol–water partition coefficient (Wildman–Crippen LogP) is 3.14. The smallest absolute Gasteiger partial charge is 0.223 e. The number of benzene rings is 2. The van der Waals surface area contributed by atoms with E-state index >= 15 is 0 Å². The van der Waals surface area contributed by atoms with Crippen LogP contribution in [0, 0.1) is 5.92 Å². The Bertz CT molecular complexity index is 816. The van der Waals surface area contributed by atoms with Crippen LogP contribution in [0.15, 0.2) is 54.6 Å². The Morgan fingerprint density at radius 2 is 1.68 bits per heavy atom. The maximum atomic E-state index is 12.5. The molecule has 0 unspecified atom stereocenters. The highest BCUT2D eigenvalue weighted by atomic mass is 16.5. The van der Waals surface area contributed by atoms with Gasteiger partial charge in [-0.25, -0.2) is 0 Å². The van der Waals surface area contributed by atoms with E-state index in [1.165, 1.54) is 5.56 Å². The van der Waals surface area contributed by atoms with Crippen LogP contribution in [-0.4, -0.2) is 68.2 Å². The van der Waals surface area contributed by atoms with Crippen LogP contribution in [0.1, 0.15) is 18.4 Å². The highest BCUT2D eigenvalue weighted by Gasteiger charge is 2.25. The van der Waals surface area contributed by atoms with Gasteiger partial charge in [0.1, 0.15) is 11.5 Å². The van der Waals surface area contributed by atoms with E-state index in [0.29, 0.717) is 0 Å². The number of carbonyl (C=O) groups is 1. The summed E-state index contributed by atoms with van der Waals surface area (Å²) in [6.07, 6.45) is 1.84. The second-order valence-corrected chi connectivity index (χ2v) is 8.36. The molecule has 0 radical (unpaired) electrons. The first kappa shape index (κ1) is 21.8. The van der Waals surface area contributed by atoms with Crippen molar-refractivity contribution in [1.82, 2.24) is 15.1 Å². The Kier molecular flexibility index (Phi) is 7.93. The van der Waals surface area contributed by atoms with Gasteiger partial charge in [-0.3, -0.25) is 14.6 Å². The maximum absolute atomic E-state index is 12.5. The molecule has 2 fully saturated rings. The van der Waals surface area contributed by atoms with Gasteiger partial charge in [0.15, 0.2) is 0 Å². The van der Waals surface area contributed by atoms with Crippen molar-refractivity contribution >= 4 is 5.91 Å². The lowest BCUT2D eigenvalue weighted by Gasteiger charge is -2.31. The first-order chi connectivity index (χ1) is 15.3. The van der Waals surface area contributed by atoms with Crippen LogP contribution < -0.4 is 10.1 Å². The van der Waals surface area contributed by atoms with Gasteiger partial charge in [0.2, 0.25) is 5.91 Å². The fourth-order valence-electron chi connectivity index (χ4n) is 4.25. The van der Waals surface area contributed by atoms with Crippen LogP contribution >= 0.6 is 0 Å². The number of likely N-dealkylation sites (tertiary alicyclic amines) is 1. The lowest BCUT2D eigenvalue weighted by atomic mass is 9.95. The van der Waals surface area contributed by atoms with Gasteiger partial charge in [0, 0.05) is 38.6 Å². The minimum Gasteiger partial charge on any atom is -0.457 e. The zero-order valence-corrected chi connectivity index (χ0v) is 18.2. The normalized spacial score (nSPS) is 18.6. The third-order valence-electron chi connectivity index (χ3n) is 6.07. The fraction of sp³-hybridized carbons (Fsp3) is 0.480. The Morgan fingerprint density at radius 1 is 0.935 bits per heavy atom. The quantitative estimate of drug-likeness (QED) is 0.707. The van der Waals surface area contributed by atoms with Crippen molar-refractivity contribution in [3.8, 4) is 11.5 Å². The molecule has 166 valence electrons. The topological polar surface area (TPSA) is 54.0 Å². The highest BCUT2D eigenvalue weighted by Crippen LogP contribution is 2.24. The molecular formula is C25H33N3O3. The van der Waals surface area contributed by atoms with Crippen molar-refractivity contribution in [2.75, 3.05) is 52.5 Å². The van der Waals surface area contributed by atoms with Crippen molar-refractivity contribution in [1.29, 1.82) is 0 Å². The molecule has 6 heteroatoms. The summed E-state index contributed by atoms with van der Waals surface area (Å²) in [4.78, 5) is 17.3. The lowest BCUT2D eigenvalue weighted by Crippen LogP contribution is -2.44. The predicted molar refractivity (Wildman–Crippen MR) is 121 cm³/mol. The molecule has 2 aromatic carbocycles. The monoisotopic (exact) mass is 423 g/mol. The van der Waals surface area contributed by atoms with E-state index in [1.54, 1.807) is 0 Å². The molecule has 1 amide bonds. The number of carbonyl (C=O) groups excluding carboxylic acids is 1. The SMILES string of the molecule is O=C(NCCN1CCOCC1)C1CCN(Cc2cccc(Oc3ccccc3)c2)CC1. The van der Waals surface area contributed by atoms with Gasteiger partial charge in [-0.2, -0.15) is 0 Å². The van der Waals surface area contributed by atoms with Crippen LogP contribution in [0.3, 0.4) is 0 Å². The van der Waals surface area contributed by atoms with Crippen LogP contribution in [-0.2, 0) is 16.1 Å². The second-order valence-electron chi connectivity index (χ2n) is 8.36. The Labute approximate surface area is 185 Å². The molecule has 0 aromatic heterocycles. The molecular weight excluding hydrogens is 390 g/mol. The molecule has 31 heavy (non-hydrogen) atoms. The number of piperidine rings is 1. The number of nitrogens with one attached hydrogen (secondary N) is 1. The van der Waals surface area contributed by atoms with E-state index in [-0.39, 0.29) is 11.8 Å². The third-order valence-corrected chi connectivity index (χ3v) is 6.07. The van der Waals surface area contributed by atoms with Gasteiger partial charge in [-0.1, -0.05) is 30.3 Å². The molecule has 0 aliphatic carbocycles. The van der Waals surface area contributed by atoms with Crippen LogP contribution in [0.4, 0.5) is 0 Å². The minimum atomic E-state index is 0.133. The zero-order valence-electron chi connectivity index (χ0n) is 18.2. The third kappa shape index (κ3) is 6.79. The van der Waals surface area contributed by atoms with E-state index in [0.717, 1.165) is 83.4 Å². The number of hydrogen-bond acceptors (Lipinski definition) is 5. The number of amides is 1. The summed E-state index contributed by atoms with van der Waals surface area (Å²) in [5.74, 6) is 2.05. The first-order valence-electron chi connectivity index (χ1n) is 11.4. The average molecular weight is 424 g/mol. The summed E-state index contributed by atoms with van der Waals surface area (Å²) in [5.41, 5.74) is 1.24. The summed E-state index contributed by atoms with van der Waals surface area (Å²) >= 11 is 0. The molecule has 1 N–H and O–H groups in total. The van der Waals surface area contributed by atoms with E-state index in [9.17, 15) is 4.79 Å². The molecule has 6 nitrogen and oxygen atoms in total. The first-order valence-corrected chi connectivity index (χ1v) is 11.4. The number of para-hydroxylation sites is 1. The molecule has 2 aromatic rings. The Hall–Kier alpha value is -2.41. The minimum absolute atomic E-state index is 0.133. The summed E-state index contributed by atoms with van der Waals surface area (Å²) in [6, 6.07) is 18.1. The van der Waals surface area contributed by atoms with Gasteiger partial charge in [0.05, 0.1) is 13.2 Å². The summed E-state index contributed by atoms with van der Waals surface area (Å²) < 4.78 is 11.3. The highest BCUT2D eigenvalue weighted by molar-refractivity contribution is 5.78. The van der Waals surface area contributed by atoms with Gasteiger partial charge in [-0.15, -0.1) is 0 Å². The standard InChI is InChI=1S/C25H33N3O3/c29-25(26-11-14-27-15-17-30-18-16-27)22-9-12-28(13-10-22)20-21-5-4-8-24(19-21)31-23-6-2-1-3-7-23/h1-8,19,22H,9-18,20H2,(H,26,29). The second kappa shape index (κ2) is 11.3. The van der Waals surface area contributed by atoms with Crippen molar-refractivity contribution < 1.29 is 14.3 Å². The molecule has 2 heterocycles. The van der Waals surface area contributed by atoms with Gasteiger partial charge < -0.3 is 14.8 Å². The Morgan fingerprint density at radius 3 is 2.45 bits per heavy atom. The number of rotatable bonds is 8. The Balaban J connectivity index is 1.18. The summed E-state index contributed by atoms with van der Waals surface area (Å²) in [6.45, 7) is 7.95. The van der Waals surface area contributed by atoms with Crippen molar-refractivity contribution in [3.05, 3.63) is 60.2 Å². The van der Waals surface area contributed by atoms with Gasteiger partial charge in [-0.05, 0) is 55.8 Å². The molecule has 2 saturated heterocycles. The van der Waals surface area contributed by atoms with Crippen molar-refractivity contribution in [2.24, 2.45) is 5.92 Å². The van der Waals surface area contributed by atoms with E-state index < -0.39 is 0 Å². The van der Waals surface area contributed by atoms with E-state index in [2.05, 4.69) is 27.2 Å². The van der Waals surface area contributed by atoms with E-state index in [4.69, 9.17) is 9.47 Å². The number of morpholine rings is 1. The molecule has 0 atom stereocenters. The lowest BCUT2D eigenvalue weighted by molar-refractivity contribution is -0.126. The molecule has 2 aliphatic heterocycles. The maximum Gasteiger partial charge on any atom is 0.223 e. The van der Waals surface area contributed by atoms with Crippen molar-refractivity contribution in [2.45, 2.75) is 19.4 Å². The fourth-order valence-corrected chi connectivity index (χ4v) is 4.25. The number of nitrogens with zero attached hydrogens (tertiary/aromatic N) is 2. The van der Waals surface area contributed by atoms with Crippen molar-refractivity contribution in [3.63, 3.8) is 0 Å². The van der Waals surface area contributed by atoms with Gasteiger partial charge >= 0.3 is 0 Å². The largest absolute Gasteiger partial charge is 0.457 e. The van der Waals surface area contributed by atoms with Crippen LogP contribution in [0.5, 0.6) is 11.5 Å².